The highest BCUT2D eigenvalue weighted by Crippen LogP contribution is 2.42. The summed E-state index contributed by atoms with van der Waals surface area (Å²) in [5.41, 5.74) is 0.893. The van der Waals surface area contributed by atoms with Crippen LogP contribution in [0.2, 0.25) is 0 Å². The number of piperidine rings is 1. The van der Waals surface area contributed by atoms with Crippen LogP contribution in [-0.2, 0) is 20.2 Å². The summed E-state index contributed by atoms with van der Waals surface area (Å²) in [6, 6.07) is 5.09. The first-order valence-corrected chi connectivity index (χ1v) is 9.56. The van der Waals surface area contributed by atoms with Crippen LogP contribution < -0.4 is 4.90 Å². The molecular formula is C17H24N2O3S. The molecule has 0 aromatic heterocycles. The number of hydrogen-bond donors (Lipinski definition) is 0. The van der Waals surface area contributed by atoms with Gasteiger partial charge in [-0.05, 0) is 57.4 Å². The van der Waals surface area contributed by atoms with Crippen LogP contribution in [0.5, 0.6) is 0 Å². The van der Waals surface area contributed by atoms with E-state index in [-0.39, 0.29) is 11.9 Å². The number of benzene rings is 1. The number of fused-ring (bicyclic) bond motifs is 1. The van der Waals surface area contributed by atoms with Crippen molar-refractivity contribution in [3.05, 3.63) is 23.8 Å². The largest absolute Gasteiger partial charge is 0.314 e. The molecule has 1 atom stereocenters. The molecule has 23 heavy (non-hydrogen) atoms. The molecule has 0 unspecified atom stereocenters. The minimum absolute atomic E-state index is 0.00612. The second kappa shape index (κ2) is 5.31. The average molecular weight is 336 g/mol. The smallest absolute Gasteiger partial charge is 0.243 e. The number of rotatable bonds is 2. The van der Waals surface area contributed by atoms with Crippen molar-refractivity contribution in [3.8, 4) is 0 Å². The summed E-state index contributed by atoms with van der Waals surface area (Å²) in [7, 11) is -1.78. The molecule has 1 aromatic rings. The molecule has 0 N–H and O–H groups in total. The zero-order valence-corrected chi connectivity index (χ0v) is 15.0. The van der Waals surface area contributed by atoms with Gasteiger partial charge in [0.25, 0.3) is 0 Å². The standard InChI is InChI=1S/C17H24N2O3S/c1-12-7-5-6-10-19(12)23(21,22)13-8-9-15-14(11-13)17(2,3)16(20)18(15)4/h8-9,11-12H,5-7,10H2,1-4H3/t12-/m0/s1. The Morgan fingerprint density at radius 2 is 1.91 bits per heavy atom. The number of anilines is 1. The second-order valence-corrected chi connectivity index (χ2v) is 9.02. The molecule has 2 aliphatic rings. The van der Waals surface area contributed by atoms with Crippen molar-refractivity contribution in [2.45, 2.75) is 56.4 Å². The first-order chi connectivity index (χ1) is 10.7. The summed E-state index contributed by atoms with van der Waals surface area (Å²) >= 11 is 0. The molecule has 0 radical (unpaired) electrons. The molecule has 1 fully saturated rings. The summed E-state index contributed by atoms with van der Waals surface area (Å²) in [6.07, 6.45) is 2.88. The molecule has 1 saturated heterocycles. The molecule has 0 saturated carbocycles. The molecule has 0 bridgehead atoms. The highest BCUT2D eigenvalue weighted by atomic mass is 32.2. The minimum atomic E-state index is -3.51. The van der Waals surface area contributed by atoms with Crippen molar-refractivity contribution in [3.63, 3.8) is 0 Å². The number of hydrogen-bond acceptors (Lipinski definition) is 3. The van der Waals surface area contributed by atoms with Crippen molar-refractivity contribution in [2.24, 2.45) is 0 Å². The van der Waals surface area contributed by atoms with Crippen molar-refractivity contribution < 1.29 is 13.2 Å². The Bertz CT molecular complexity index is 755. The summed E-state index contributed by atoms with van der Waals surface area (Å²) in [4.78, 5) is 14.3. The van der Waals surface area contributed by atoms with Crippen LogP contribution in [0.25, 0.3) is 0 Å². The molecule has 5 nitrogen and oxygen atoms in total. The summed E-state index contributed by atoms with van der Waals surface area (Å²) in [6.45, 7) is 6.23. The van der Waals surface area contributed by atoms with Gasteiger partial charge in [-0.15, -0.1) is 0 Å². The molecule has 0 spiro atoms. The lowest BCUT2D eigenvalue weighted by molar-refractivity contribution is -0.121. The van der Waals surface area contributed by atoms with Gasteiger partial charge in [0.1, 0.15) is 0 Å². The van der Waals surface area contributed by atoms with E-state index in [4.69, 9.17) is 0 Å². The average Bonchev–Trinajstić information content (AvgIpc) is 2.68. The van der Waals surface area contributed by atoms with Crippen LogP contribution in [0.3, 0.4) is 0 Å². The topological polar surface area (TPSA) is 57.7 Å². The van der Waals surface area contributed by atoms with Crippen LogP contribution in [-0.4, -0.2) is 38.3 Å². The van der Waals surface area contributed by atoms with Gasteiger partial charge in [0, 0.05) is 25.3 Å². The number of amides is 1. The zero-order valence-electron chi connectivity index (χ0n) is 14.2. The maximum Gasteiger partial charge on any atom is 0.243 e. The van der Waals surface area contributed by atoms with Gasteiger partial charge in [-0.1, -0.05) is 6.42 Å². The van der Waals surface area contributed by atoms with Gasteiger partial charge in [-0.2, -0.15) is 4.31 Å². The lowest BCUT2D eigenvalue weighted by Gasteiger charge is -2.32. The molecular weight excluding hydrogens is 312 g/mol. The fourth-order valence-corrected chi connectivity index (χ4v) is 5.40. The SMILES string of the molecule is C[C@H]1CCCCN1S(=O)(=O)c1ccc2c(c1)C(C)(C)C(=O)N2C. The number of carbonyl (C=O) groups excluding carboxylic acids is 1. The van der Waals surface area contributed by atoms with Crippen LogP contribution in [0, 0.1) is 0 Å². The molecule has 126 valence electrons. The second-order valence-electron chi connectivity index (χ2n) is 7.13. The fraction of sp³-hybridized carbons (Fsp3) is 0.588. The van der Waals surface area contributed by atoms with E-state index in [2.05, 4.69) is 0 Å². The molecule has 0 aliphatic carbocycles. The van der Waals surface area contributed by atoms with Crippen molar-refractivity contribution in [1.29, 1.82) is 0 Å². The third kappa shape index (κ3) is 2.39. The number of carbonyl (C=O) groups is 1. The van der Waals surface area contributed by atoms with Crippen LogP contribution >= 0.6 is 0 Å². The van der Waals surface area contributed by atoms with E-state index in [1.165, 1.54) is 0 Å². The number of nitrogens with zero attached hydrogens (tertiary/aromatic N) is 2. The van der Waals surface area contributed by atoms with Crippen LogP contribution in [0.15, 0.2) is 23.1 Å². The first-order valence-electron chi connectivity index (χ1n) is 8.12. The van der Waals surface area contributed by atoms with Crippen molar-refractivity contribution in [1.82, 2.24) is 4.31 Å². The maximum atomic E-state index is 13.0. The van der Waals surface area contributed by atoms with E-state index in [0.717, 1.165) is 30.5 Å². The lowest BCUT2D eigenvalue weighted by Crippen LogP contribution is -2.42. The van der Waals surface area contributed by atoms with Crippen molar-refractivity contribution >= 4 is 21.6 Å². The van der Waals surface area contributed by atoms with E-state index >= 15 is 0 Å². The molecule has 6 heteroatoms. The molecule has 1 aromatic carbocycles. The van der Waals surface area contributed by atoms with Gasteiger partial charge in [-0.3, -0.25) is 4.79 Å². The first kappa shape index (κ1) is 16.5. The number of sulfonamides is 1. The van der Waals surface area contributed by atoms with E-state index < -0.39 is 15.4 Å². The maximum absolute atomic E-state index is 13.0. The Labute approximate surface area is 138 Å². The Morgan fingerprint density at radius 3 is 2.57 bits per heavy atom. The van der Waals surface area contributed by atoms with Gasteiger partial charge in [0.05, 0.1) is 10.3 Å². The fourth-order valence-electron chi connectivity index (χ4n) is 3.68. The van der Waals surface area contributed by atoms with E-state index in [1.807, 2.05) is 20.8 Å². The predicted molar refractivity (Wildman–Crippen MR) is 90.1 cm³/mol. The van der Waals surface area contributed by atoms with Crippen LogP contribution in [0.4, 0.5) is 5.69 Å². The van der Waals surface area contributed by atoms with E-state index in [9.17, 15) is 13.2 Å². The Hall–Kier alpha value is -1.40. The normalized spacial score (nSPS) is 24.8. The highest BCUT2D eigenvalue weighted by Gasteiger charge is 2.43. The molecule has 1 amide bonds. The Kier molecular flexibility index (Phi) is 3.80. The molecule has 3 rings (SSSR count). The van der Waals surface area contributed by atoms with Crippen LogP contribution in [0.1, 0.15) is 45.6 Å². The molecule has 2 aliphatic heterocycles. The van der Waals surface area contributed by atoms with E-state index in [0.29, 0.717) is 11.4 Å². The summed E-state index contributed by atoms with van der Waals surface area (Å²) in [5.74, 6) is -0.00612. The van der Waals surface area contributed by atoms with E-state index in [1.54, 1.807) is 34.5 Å². The van der Waals surface area contributed by atoms with Gasteiger partial charge in [-0.25, -0.2) is 8.42 Å². The predicted octanol–water partition coefficient (Wildman–Crippen LogP) is 2.50. The van der Waals surface area contributed by atoms with Crippen molar-refractivity contribution in [2.75, 3.05) is 18.5 Å². The third-order valence-corrected chi connectivity index (χ3v) is 7.20. The molecule has 2 heterocycles. The summed E-state index contributed by atoms with van der Waals surface area (Å²) < 4.78 is 27.6. The third-order valence-electron chi connectivity index (χ3n) is 5.19. The highest BCUT2D eigenvalue weighted by molar-refractivity contribution is 7.89. The quantitative estimate of drug-likeness (QED) is 0.834. The van der Waals surface area contributed by atoms with Gasteiger partial charge >= 0.3 is 0 Å². The lowest BCUT2D eigenvalue weighted by atomic mass is 9.86. The summed E-state index contributed by atoms with van der Waals surface area (Å²) in [5, 5.41) is 0. The van der Waals surface area contributed by atoms with Gasteiger partial charge in [0.2, 0.25) is 15.9 Å². The Balaban J connectivity index is 2.06. The zero-order chi connectivity index (χ0) is 17.0. The number of likely N-dealkylation sites (N-methyl/N-ethyl adjacent to an activating group) is 1. The van der Waals surface area contributed by atoms with Gasteiger partial charge < -0.3 is 4.90 Å². The Morgan fingerprint density at radius 1 is 1.22 bits per heavy atom. The van der Waals surface area contributed by atoms with Gasteiger partial charge in [0.15, 0.2) is 0 Å². The monoisotopic (exact) mass is 336 g/mol. The minimum Gasteiger partial charge on any atom is -0.314 e.